The smallest absolute Gasteiger partial charge is 0.165 e. The van der Waals surface area contributed by atoms with Crippen LogP contribution >= 0.6 is 0 Å². The van der Waals surface area contributed by atoms with Gasteiger partial charge >= 0.3 is 0 Å². The van der Waals surface area contributed by atoms with E-state index in [9.17, 15) is 9.50 Å². The number of halogens is 1. The standard InChI is InChI=1S/C17H19FO3/c1-13(19)14-8-9-17(16(18)12-14)21-11-5-10-20-15-6-3-2-4-7-15/h2-4,6-9,12-13,19H,5,10-11H2,1H3. The Morgan fingerprint density at radius 1 is 1.05 bits per heavy atom. The van der Waals surface area contributed by atoms with Gasteiger partial charge in [0.1, 0.15) is 5.75 Å². The molecule has 0 amide bonds. The van der Waals surface area contributed by atoms with Crippen LogP contribution in [0.15, 0.2) is 48.5 Å². The highest BCUT2D eigenvalue weighted by molar-refractivity contribution is 5.30. The minimum Gasteiger partial charge on any atom is -0.493 e. The molecule has 2 rings (SSSR count). The van der Waals surface area contributed by atoms with E-state index in [-0.39, 0.29) is 5.75 Å². The van der Waals surface area contributed by atoms with E-state index < -0.39 is 11.9 Å². The molecule has 4 heteroatoms. The molecule has 0 aliphatic rings. The fourth-order valence-corrected chi connectivity index (χ4v) is 1.84. The minimum atomic E-state index is -0.687. The van der Waals surface area contributed by atoms with Crippen LogP contribution in [-0.4, -0.2) is 18.3 Å². The Morgan fingerprint density at radius 3 is 2.43 bits per heavy atom. The molecule has 112 valence electrons. The van der Waals surface area contributed by atoms with E-state index in [1.165, 1.54) is 12.1 Å². The SMILES string of the molecule is CC(O)c1ccc(OCCCOc2ccccc2)c(F)c1. The molecular weight excluding hydrogens is 271 g/mol. The van der Waals surface area contributed by atoms with Gasteiger partial charge in [-0.3, -0.25) is 0 Å². The zero-order valence-electron chi connectivity index (χ0n) is 12.0. The van der Waals surface area contributed by atoms with Crippen molar-refractivity contribution in [2.45, 2.75) is 19.4 Å². The Hall–Kier alpha value is -2.07. The van der Waals surface area contributed by atoms with Crippen molar-refractivity contribution >= 4 is 0 Å². The molecule has 0 spiro atoms. The molecule has 0 radical (unpaired) electrons. The summed E-state index contributed by atoms with van der Waals surface area (Å²) in [6, 6.07) is 14.0. The fourth-order valence-electron chi connectivity index (χ4n) is 1.84. The number of aliphatic hydroxyl groups excluding tert-OH is 1. The van der Waals surface area contributed by atoms with Crippen LogP contribution in [0.4, 0.5) is 4.39 Å². The van der Waals surface area contributed by atoms with Crippen LogP contribution < -0.4 is 9.47 Å². The van der Waals surface area contributed by atoms with Gasteiger partial charge in [-0.2, -0.15) is 0 Å². The molecule has 0 aromatic heterocycles. The first kappa shape index (κ1) is 15.3. The van der Waals surface area contributed by atoms with Crippen molar-refractivity contribution in [1.29, 1.82) is 0 Å². The fraction of sp³-hybridized carbons (Fsp3) is 0.294. The number of aliphatic hydroxyl groups is 1. The molecular formula is C17H19FO3. The number of benzene rings is 2. The van der Waals surface area contributed by atoms with Crippen LogP contribution in [0.25, 0.3) is 0 Å². The molecule has 21 heavy (non-hydrogen) atoms. The van der Waals surface area contributed by atoms with Crippen molar-refractivity contribution in [3.05, 3.63) is 59.9 Å². The summed E-state index contributed by atoms with van der Waals surface area (Å²) in [5, 5.41) is 9.37. The van der Waals surface area contributed by atoms with Crippen LogP contribution in [0.2, 0.25) is 0 Å². The maximum absolute atomic E-state index is 13.7. The summed E-state index contributed by atoms with van der Waals surface area (Å²) in [5.74, 6) is 0.543. The summed E-state index contributed by atoms with van der Waals surface area (Å²) >= 11 is 0. The van der Waals surface area contributed by atoms with Crippen LogP contribution in [0, 0.1) is 5.82 Å². The lowest BCUT2D eigenvalue weighted by atomic mass is 10.1. The lowest BCUT2D eigenvalue weighted by molar-refractivity contribution is 0.198. The quantitative estimate of drug-likeness (QED) is 0.790. The number of ether oxygens (including phenoxy) is 2. The van der Waals surface area contributed by atoms with Crippen molar-refractivity contribution in [2.75, 3.05) is 13.2 Å². The molecule has 0 fully saturated rings. The lowest BCUT2D eigenvalue weighted by Gasteiger charge is -2.10. The molecule has 3 nitrogen and oxygen atoms in total. The number of para-hydroxylation sites is 1. The molecule has 1 N–H and O–H groups in total. The Morgan fingerprint density at radius 2 is 1.76 bits per heavy atom. The van der Waals surface area contributed by atoms with Crippen molar-refractivity contribution in [1.82, 2.24) is 0 Å². The van der Waals surface area contributed by atoms with Crippen molar-refractivity contribution < 1.29 is 19.0 Å². The van der Waals surface area contributed by atoms with E-state index in [1.54, 1.807) is 13.0 Å². The van der Waals surface area contributed by atoms with Crippen molar-refractivity contribution in [3.63, 3.8) is 0 Å². The molecule has 1 atom stereocenters. The summed E-state index contributed by atoms with van der Waals surface area (Å²) in [5.41, 5.74) is 0.535. The summed E-state index contributed by atoms with van der Waals surface area (Å²) in [6.45, 7) is 2.48. The monoisotopic (exact) mass is 290 g/mol. The van der Waals surface area contributed by atoms with E-state index in [0.717, 1.165) is 5.75 Å². The van der Waals surface area contributed by atoms with Gasteiger partial charge in [0.25, 0.3) is 0 Å². The first-order chi connectivity index (χ1) is 10.2. The van der Waals surface area contributed by atoms with Gasteiger partial charge in [0.05, 0.1) is 19.3 Å². The second-order valence-electron chi connectivity index (χ2n) is 4.73. The van der Waals surface area contributed by atoms with Gasteiger partial charge in [-0.1, -0.05) is 24.3 Å². The first-order valence-corrected chi connectivity index (χ1v) is 6.95. The van der Waals surface area contributed by atoms with Crippen LogP contribution in [0.1, 0.15) is 25.0 Å². The Labute approximate surface area is 124 Å². The lowest BCUT2D eigenvalue weighted by Crippen LogP contribution is -2.06. The van der Waals surface area contributed by atoms with Gasteiger partial charge in [0.15, 0.2) is 11.6 Å². The van der Waals surface area contributed by atoms with Gasteiger partial charge in [0.2, 0.25) is 0 Å². The summed E-state index contributed by atoms with van der Waals surface area (Å²) in [6.07, 6.45) is -0.0280. The second-order valence-corrected chi connectivity index (χ2v) is 4.73. The zero-order valence-corrected chi connectivity index (χ0v) is 12.0. The molecule has 2 aromatic carbocycles. The van der Waals surface area contributed by atoms with Gasteiger partial charge in [-0.15, -0.1) is 0 Å². The van der Waals surface area contributed by atoms with E-state index >= 15 is 0 Å². The molecule has 2 aromatic rings. The molecule has 0 bridgehead atoms. The largest absolute Gasteiger partial charge is 0.493 e. The summed E-state index contributed by atoms with van der Waals surface area (Å²) in [4.78, 5) is 0. The predicted octanol–water partition coefficient (Wildman–Crippen LogP) is 3.73. The van der Waals surface area contributed by atoms with Crippen LogP contribution in [-0.2, 0) is 0 Å². The van der Waals surface area contributed by atoms with E-state index in [0.29, 0.717) is 25.2 Å². The van der Waals surface area contributed by atoms with E-state index in [4.69, 9.17) is 9.47 Å². The third-order valence-corrected chi connectivity index (χ3v) is 3.00. The molecule has 0 saturated heterocycles. The van der Waals surface area contributed by atoms with Gasteiger partial charge < -0.3 is 14.6 Å². The van der Waals surface area contributed by atoms with Crippen molar-refractivity contribution in [2.24, 2.45) is 0 Å². The highest BCUT2D eigenvalue weighted by Crippen LogP contribution is 2.22. The minimum absolute atomic E-state index is 0.194. The van der Waals surface area contributed by atoms with Crippen LogP contribution in [0.5, 0.6) is 11.5 Å². The number of hydrogen-bond donors (Lipinski definition) is 1. The molecule has 0 aliphatic carbocycles. The number of rotatable bonds is 7. The van der Waals surface area contributed by atoms with Crippen molar-refractivity contribution in [3.8, 4) is 11.5 Å². The third kappa shape index (κ3) is 4.76. The van der Waals surface area contributed by atoms with Crippen LogP contribution in [0.3, 0.4) is 0 Å². The van der Waals surface area contributed by atoms with E-state index in [2.05, 4.69) is 0 Å². The molecule has 1 unspecified atom stereocenters. The maximum Gasteiger partial charge on any atom is 0.165 e. The molecule has 0 aliphatic heterocycles. The number of hydrogen-bond acceptors (Lipinski definition) is 3. The average molecular weight is 290 g/mol. The average Bonchev–Trinajstić information content (AvgIpc) is 2.49. The highest BCUT2D eigenvalue weighted by Gasteiger charge is 2.07. The summed E-state index contributed by atoms with van der Waals surface area (Å²) < 4.78 is 24.6. The second kappa shape index (κ2) is 7.64. The summed E-state index contributed by atoms with van der Waals surface area (Å²) in [7, 11) is 0. The Bertz CT molecular complexity index is 555. The van der Waals surface area contributed by atoms with Gasteiger partial charge in [-0.05, 0) is 36.8 Å². The molecule has 0 saturated carbocycles. The van der Waals surface area contributed by atoms with E-state index in [1.807, 2.05) is 30.3 Å². The van der Waals surface area contributed by atoms with Gasteiger partial charge in [0, 0.05) is 6.42 Å². The highest BCUT2D eigenvalue weighted by atomic mass is 19.1. The predicted molar refractivity (Wildman–Crippen MR) is 79.1 cm³/mol. The Balaban J connectivity index is 1.74. The maximum atomic E-state index is 13.7. The zero-order chi connectivity index (χ0) is 15.1. The molecule has 0 heterocycles. The first-order valence-electron chi connectivity index (χ1n) is 6.95. The van der Waals surface area contributed by atoms with Gasteiger partial charge in [-0.25, -0.2) is 4.39 Å². The topological polar surface area (TPSA) is 38.7 Å². The Kier molecular flexibility index (Phi) is 5.58. The third-order valence-electron chi connectivity index (χ3n) is 3.00. The normalized spacial score (nSPS) is 12.0.